The van der Waals surface area contributed by atoms with E-state index < -0.39 is 47.9 Å². The number of hydrogen-bond acceptors (Lipinski definition) is 7. The number of nitrogens with one attached hydrogen (secondary N) is 3. The molecule has 1 aromatic rings. The highest BCUT2D eigenvalue weighted by molar-refractivity contribution is 7.98. The normalized spacial score (nSPS) is 14.4. The van der Waals surface area contributed by atoms with E-state index in [-0.39, 0.29) is 12.8 Å². The highest BCUT2D eigenvalue weighted by atomic mass is 32.2. The smallest absolute Gasteiger partial charge is 0.326 e. The number of carboxylic acid groups (broad SMARTS) is 1. The number of nitrogens with two attached hydrogens (primary N) is 2. The van der Waals surface area contributed by atoms with Gasteiger partial charge in [0, 0.05) is 6.42 Å². The van der Waals surface area contributed by atoms with E-state index in [0.717, 1.165) is 5.56 Å². The average Bonchev–Trinajstić information content (AvgIpc) is 2.80. The molecule has 0 radical (unpaired) electrons. The van der Waals surface area contributed by atoms with Crippen molar-refractivity contribution >= 4 is 35.5 Å². The number of carbonyl (C=O) groups is 4. The van der Waals surface area contributed by atoms with Crippen LogP contribution in [0.1, 0.15) is 38.2 Å². The Morgan fingerprint density at radius 3 is 2.06 bits per heavy atom. The lowest BCUT2D eigenvalue weighted by molar-refractivity contribution is -0.142. The molecule has 0 fully saturated rings. The van der Waals surface area contributed by atoms with Crippen LogP contribution < -0.4 is 27.4 Å². The van der Waals surface area contributed by atoms with E-state index in [1.165, 1.54) is 18.7 Å². The maximum Gasteiger partial charge on any atom is 0.326 e. The zero-order valence-corrected chi connectivity index (χ0v) is 20.6. The SMILES string of the molecule is CSCCC(NC(=O)C(Cc1ccccc1)NC(=O)C(CCCCN)NC(=O)C(C)N)C(=O)O. The van der Waals surface area contributed by atoms with Gasteiger partial charge in [-0.25, -0.2) is 4.79 Å². The molecule has 0 aliphatic carbocycles. The topological polar surface area (TPSA) is 177 Å². The van der Waals surface area contributed by atoms with Gasteiger partial charge < -0.3 is 32.5 Å². The molecule has 0 heterocycles. The predicted octanol–water partition coefficient (Wildman–Crippen LogP) is -0.00260. The molecule has 4 atom stereocenters. The second-order valence-corrected chi connectivity index (χ2v) is 9.05. The molecule has 0 aliphatic heterocycles. The fourth-order valence-corrected chi connectivity index (χ4v) is 3.63. The van der Waals surface area contributed by atoms with Crippen molar-refractivity contribution in [2.45, 2.75) is 63.2 Å². The van der Waals surface area contributed by atoms with Crippen molar-refractivity contribution in [3.63, 3.8) is 0 Å². The summed E-state index contributed by atoms with van der Waals surface area (Å²) in [5, 5.41) is 17.3. The van der Waals surface area contributed by atoms with E-state index in [0.29, 0.717) is 31.6 Å². The zero-order chi connectivity index (χ0) is 25.5. The molecule has 4 unspecified atom stereocenters. The van der Waals surface area contributed by atoms with E-state index in [9.17, 15) is 24.3 Å². The van der Waals surface area contributed by atoms with Gasteiger partial charge in [-0.3, -0.25) is 14.4 Å². The van der Waals surface area contributed by atoms with Crippen molar-refractivity contribution in [2.24, 2.45) is 11.5 Å². The molecule has 3 amide bonds. The van der Waals surface area contributed by atoms with Crippen molar-refractivity contribution < 1.29 is 24.3 Å². The zero-order valence-electron chi connectivity index (χ0n) is 19.8. The van der Waals surface area contributed by atoms with Crippen LogP contribution in [0, 0.1) is 0 Å². The minimum atomic E-state index is -1.14. The van der Waals surface area contributed by atoms with Gasteiger partial charge in [-0.2, -0.15) is 11.8 Å². The molecule has 1 rings (SSSR count). The maximum absolute atomic E-state index is 13.1. The summed E-state index contributed by atoms with van der Waals surface area (Å²) in [4.78, 5) is 49.9. The van der Waals surface area contributed by atoms with Crippen LogP contribution in [-0.4, -0.2) is 71.5 Å². The lowest BCUT2D eigenvalue weighted by Gasteiger charge is -2.25. The molecule has 0 aromatic heterocycles. The monoisotopic (exact) mass is 495 g/mol. The number of carbonyl (C=O) groups excluding carboxylic acids is 3. The molecule has 190 valence electrons. The van der Waals surface area contributed by atoms with Crippen molar-refractivity contribution in [1.82, 2.24) is 16.0 Å². The third-order valence-corrected chi connectivity index (χ3v) is 5.78. The molecule has 0 saturated heterocycles. The van der Waals surface area contributed by atoms with Crippen molar-refractivity contribution in [1.29, 1.82) is 0 Å². The van der Waals surface area contributed by atoms with E-state index in [1.54, 1.807) is 0 Å². The Kier molecular flexibility index (Phi) is 13.9. The number of rotatable bonds is 16. The summed E-state index contributed by atoms with van der Waals surface area (Å²) < 4.78 is 0. The fourth-order valence-electron chi connectivity index (χ4n) is 3.16. The summed E-state index contributed by atoms with van der Waals surface area (Å²) >= 11 is 1.47. The molecular formula is C23H37N5O5S. The van der Waals surface area contributed by atoms with Gasteiger partial charge >= 0.3 is 5.97 Å². The van der Waals surface area contributed by atoms with Gasteiger partial charge in [0.25, 0.3) is 0 Å². The van der Waals surface area contributed by atoms with Crippen LogP contribution in [0.4, 0.5) is 0 Å². The first-order valence-electron chi connectivity index (χ1n) is 11.3. The highest BCUT2D eigenvalue weighted by Gasteiger charge is 2.29. The lowest BCUT2D eigenvalue weighted by Crippen LogP contribution is -2.57. The second kappa shape index (κ2) is 16.1. The minimum Gasteiger partial charge on any atom is -0.480 e. The van der Waals surface area contributed by atoms with E-state index in [2.05, 4.69) is 16.0 Å². The van der Waals surface area contributed by atoms with Gasteiger partial charge in [0.05, 0.1) is 6.04 Å². The van der Waals surface area contributed by atoms with Gasteiger partial charge in [0.2, 0.25) is 17.7 Å². The molecule has 0 spiro atoms. The number of hydrogen-bond donors (Lipinski definition) is 6. The molecular weight excluding hydrogens is 458 g/mol. The van der Waals surface area contributed by atoms with E-state index >= 15 is 0 Å². The molecule has 11 heteroatoms. The van der Waals surface area contributed by atoms with Gasteiger partial charge in [0.1, 0.15) is 18.1 Å². The highest BCUT2D eigenvalue weighted by Crippen LogP contribution is 2.08. The van der Waals surface area contributed by atoms with Crippen LogP contribution in [0.2, 0.25) is 0 Å². The summed E-state index contributed by atoms with van der Waals surface area (Å²) in [5.74, 6) is -2.22. The van der Waals surface area contributed by atoms with Gasteiger partial charge in [0.15, 0.2) is 0 Å². The number of aliphatic carboxylic acids is 1. The molecule has 0 aliphatic rings. The first-order chi connectivity index (χ1) is 16.2. The largest absolute Gasteiger partial charge is 0.480 e. The number of carboxylic acids is 1. The Labute approximate surface area is 205 Å². The summed E-state index contributed by atoms with van der Waals surface area (Å²) in [6, 6.07) is 5.26. The Morgan fingerprint density at radius 1 is 0.912 bits per heavy atom. The Hall–Kier alpha value is -2.63. The van der Waals surface area contributed by atoms with Gasteiger partial charge in [-0.1, -0.05) is 30.3 Å². The van der Waals surface area contributed by atoms with E-state index in [1.807, 2.05) is 36.6 Å². The molecule has 1 aromatic carbocycles. The molecule has 0 bridgehead atoms. The molecule has 10 nitrogen and oxygen atoms in total. The van der Waals surface area contributed by atoms with Crippen LogP contribution in [0.3, 0.4) is 0 Å². The quantitative estimate of drug-likeness (QED) is 0.174. The van der Waals surface area contributed by atoms with Crippen LogP contribution in [-0.2, 0) is 25.6 Å². The Bertz CT molecular complexity index is 793. The third-order valence-electron chi connectivity index (χ3n) is 5.13. The van der Waals surface area contributed by atoms with Crippen LogP contribution in [0.15, 0.2) is 30.3 Å². The summed E-state index contributed by atoms with van der Waals surface area (Å²) in [6.07, 6.45) is 3.85. The van der Waals surface area contributed by atoms with Crippen LogP contribution in [0.5, 0.6) is 0 Å². The van der Waals surface area contributed by atoms with Crippen LogP contribution >= 0.6 is 11.8 Å². The molecule has 0 saturated carbocycles. The number of benzene rings is 1. The van der Waals surface area contributed by atoms with Crippen LogP contribution in [0.25, 0.3) is 0 Å². The van der Waals surface area contributed by atoms with Gasteiger partial charge in [-0.15, -0.1) is 0 Å². The fraction of sp³-hybridized carbons (Fsp3) is 0.565. The van der Waals surface area contributed by atoms with Crippen molar-refractivity contribution in [3.8, 4) is 0 Å². The maximum atomic E-state index is 13.1. The Balaban J connectivity index is 3.05. The van der Waals surface area contributed by atoms with Crippen molar-refractivity contribution in [2.75, 3.05) is 18.6 Å². The standard InChI is InChI=1S/C23H37N5O5S/c1-15(25)20(29)26-17(10-6-7-12-24)21(30)28-19(14-16-8-4-3-5-9-16)22(31)27-18(23(32)33)11-13-34-2/h3-5,8-9,15,17-19H,6-7,10-14,24-25H2,1-2H3,(H,26,29)(H,27,31)(H,28,30)(H,32,33). The molecule has 8 N–H and O–H groups in total. The third kappa shape index (κ3) is 11.0. The first-order valence-corrected chi connectivity index (χ1v) is 12.7. The number of thioether (sulfide) groups is 1. The van der Waals surface area contributed by atoms with E-state index in [4.69, 9.17) is 11.5 Å². The Morgan fingerprint density at radius 2 is 1.50 bits per heavy atom. The number of unbranched alkanes of at least 4 members (excludes halogenated alkanes) is 1. The summed E-state index contributed by atoms with van der Waals surface area (Å²) in [6.45, 7) is 1.96. The first kappa shape index (κ1) is 29.4. The second-order valence-electron chi connectivity index (χ2n) is 8.07. The predicted molar refractivity (Wildman–Crippen MR) is 133 cm³/mol. The summed E-state index contributed by atoms with van der Waals surface area (Å²) in [7, 11) is 0. The minimum absolute atomic E-state index is 0.157. The molecule has 34 heavy (non-hydrogen) atoms. The van der Waals surface area contributed by atoms with Gasteiger partial charge in [-0.05, 0) is 56.7 Å². The average molecular weight is 496 g/mol. The summed E-state index contributed by atoms with van der Waals surface area (Å²) in [5.41, 5.74) is 12.0. The lowest BCUT2D eigenvalue weighted by atomic mass is 10.0. The van der Waals surface area contributed by atoms with Crippen molar-refractivity contribution in [3.05, 3.63) is 35.9 Å². The number of amides is 3.